The maximum absolute atomic E-state index is 7.75. The van der Waals surface area contributed by atoms with Gasteiger partial charge in [0.15, 0.2) is 0 Å². The summed E-state index contributed by atoms with van der Waals surface area (Å²) in [4.78, 5) is 7.75. The molecule has 0 rings (SSSR count). The van der Waals surface area contributed by atoms with Crippen LogP contribution in [0.4, 0.5) is 0 Å². The molecule has 1 nitrogen and oxygen atoms in total. The van der Waals surface area contributed by atoms with Crippen LogP contribution in [0.5, 0.6) is 0 Å². The molecule has 0 saturated carbocycles. The summed E-state index contributed by atoms with van der Waals surface area (Å²) in [5, 5.41) is 0. The molecule has 4 heavy (non-hydrogen) atoms. The van der Waals surface area contributed by atoms with E-state index in [-0.39, 0.29) is 58.8 Å². The van der Waals surface area contributed by atoms with Crippen LogP contribution in [0, 0.1) is 7.43 Å². The van der Waals surface area contributed by atoms with Crippen molar-refractivity contribution in [2.24, 2.45) is 0 Å². The quantitative estimate of drug-likeness (QED) is 0.175. The topological polar surface area (TPSA) is 17.1 Å². The third kappa shape index (κ3) is 10.3. The monoisotopic (exact) mass is 83.0 g/mol. The second kappa shape index (κ2) is 27.6. The Morgan fingerprint density at radius 3 is 1.25 bits per heavy atom. The van der Waals surface area contributed by atoms with Crippen molar-refractivity contribution in [2.45, 2.75) is 0 Å². The molecule has 0 aromatic carbocycles. The van der Waals surface area contributed by atoms with Crippen LogP contribution in [-0.4, -0.2) is 6.79 Å². The number of hydrogen-bond donors (Lipinski definition) is 0. The summed E-state index contributed by atoms with van der Waals surface area (Å²) in [5.74, 6) is 0. The van der Waals surface area contributed by atoms with Gasteiger partial charge in [0.2, 0.25) is 0 Å². The van der Waals surface area contributed by atoms with Gasteiger partial charge in [0.25, 0.3) is 0 Å². The van der Waals surface area contributed by atoms with E-state index in [0.29, 0.717) is 0 Å². The molecule has 0 bridgehead atoms. The first-order valence-corrected chi connectivity index (χ1v) is 0.236. The van der Waals surface area contributed by atoms with Gasteiger partial charge in [-0.15, -0.1) is 0 Å². The Kier molecular flexibility index (Phi) is 128. The number of hydrogen-bond acceptors (Lipinski definition) is 1. The molecule has 0 aliphatic heterocycles. The minimum Gasteiger partial charge on any atom is -0.545 e. The van der Waals surface area contributed by atoms with E-state index >= 15 is 0 Å². The summed E-state index contributed by atoms with van der Waals surface area (Å²) >= 11 is 0. The predicted octanol–water partition coefficient (Wildman–Crippen LogP) is -2.82. The van der Waals surface area contributed by atoms with Crippen molar-refractivity contribution in [3.05, 3.63) is 7.43 Å². The Bertz CT molecular complexity index is 6.00. The molecule has 0 aromatic rings. The van der Waals surface area contributed by atoms with Crippen LogP contribution in [0.3, 0.4) is 0 Å². The normalized spacial score (nSPS) is 1.00. The standard InChI is InChI=1S/CHO.CH3.K/c1-2;;/h1H;1H3;/q2*-1;+1. The van der Waals surface area contributed by atoms with Crippen LogP contribution in [0.15, 0.2) is 0 Å². The maximum Gasteiger partial charge on any atom is 1.00 e. The van der Waals surface area contributed by atoms with Crippen molar-refractivity contribution in [2.75, 3.05) is 0 Å². The summed E-state index contributed by atoms with van der Waals surface area (Å²) in [6.45, 7) is 3.25. The van der Waals surface area contributed by atoms with Gasteiger partial charge >= 0.3 is 51.4 Å². The first-order valence-electron chi connectivity index (χ1n) is 0.236. The summed E-state index contributed by atoms with van der Waals surface area (Å²) in [5.41, 5.74) is 0. The SMILES string of the molecule is [CH-]=O.[CH3-].[K+]. The van der Waals surface area contributed by atoms with Gasteiger partial charge in [0.05, 0.1) is 0 Å². The Hall–Kier alpha value is 1.31. The Morgan fingerprint density at radius 2 is 1.25 bits per heavy atom. The van der Waals surface area contributed by atoms with Crippen LogP contribution >= 0.6 is 0 Å². The second-order valence-corrected chi connectivity index (χ2v) is 0. The molecule has 0 radical (unpaired) electrons. The van der Waals surface area contributed by atoms with Crippen LogP contribution in [0.2, 0.25) is 0 Å². The van der Waals surface area contributed by atoms with E-state index in [1.165, 1.54) is 0 Å². The van der Waals surface area contributed by atoms with Gasteiger partial charge in [-0.05, 0) is 0 Å². The average Bonchev–Trinajstić information content (AvgIpc) is 1.00. The molecule has 0 aromatic heterocycles. The van der Waals surface area contributed by atoms with E-state index in [4.69, 9.17) is 4.79 Å². The summed E-state index contributed by atoms with van der Waals surface area (Å²) in [6.07, 6.45) is 0. The van der Waals surface area contributed by atoms with Gasteiger partial charge in [-0.3, -0.25) is 6.79 Å². The fraction of sp³-hybridized carbons (Fsp3) is 0. The fourth-order valence-electron chi connectivity index (χ4n) is 0. The second-order valence-electron chi connectivity index (χ2n) is 0. The van der Waals surface area contributed by atoms with Gasteiger partial charge in [0, 0.05) is 0 Å². The van der Waals surface area contributed by atoms with Crippen molar-refractivity contribution < 1.29 is 56.2 Å². The molecule has 20 valence electrons. The summed E-state index contributed by atoms with van der Waals surface area (Å²) < 4.78 is 0. The van der Waals surface area contributed by atoms with Crippen molar-refractivity contribution >= 4 is 6.79 Å². The molecule has 0 aliphatic carbocycles. The van der Waals surface area contributed by atoms with Crippen molar-refractivity contribution in [1.82, 2.24) is 0 Å². The molecule has 2 heteroatoms. The zero-order valence-electron chi connectivity index (χ0n) is 2.99. The van der Waals surface area contributed by atoms with Gasteiger partial charge in [-0.1, -0.05) is 0 Å². The third-order valence-corrected chi connectivity index (χ3v) is 0. The van der Waals surface area contributed by atoms with E-state index in [9.17, 15) is 0 Å². The largest absolute Gasteiger partial charge is 1.00 e. The van der Waals surface area contributed by atoms with Crippen LogP contribution in [0.25, 0.3) is 0 Å². The molecule has 0 heterocycles. The third-order valence-electron chi connectivity index (χ3n) is 0. The van der Waals surface area contributed by atoms with Crippen molar-refractivity contribution in [3.8, 4) is 0 Å². The summed E-state index contributed by atoms with van der Waals surface area (Å²) in [6, 6.07) is 0. The number of rotatable bonds is 0. The molecule has 0 unspecified atom stereocenters. The molecule has 0 amide bonds. The van der Waals surface area contributed by atoms with Crippen LogP contribution in [-0.2, 0) is 4.79 Å². The van der Waals surface area contributed by atoms with Crippen molar-refractivity contribution in [3.63, 3.8) is 0 Å². The first kappa shape index (κ1) is 18.5. The molecule has 0 fully saturated rings. The minimum absolute atomic E-state index is 0. The summed E-state index contributed by atoms with van der Waals surface area (Å²) in [7, 11) is 0. The minimum atomic E-state index is 0. The Labute approximate surface area is 69.2 Å². The van der Waals surface area contributed by atoms with Gasteiger partial charge in [0.1, 0.15) is 0 Å². The number of carbonyl (C=O) groups excluding carboxylic acids is 1. The van der Waals surface area contributed by atoms with Crippen LogP contribution < -0.4 is 51.4 Å². The molecule has 0 aliphatic rings. The van der Waals surface area contributed by atoms with E-state index in [1.54, 1.807) is 0 Å². The molecule has 0 atom stereocenters. The zero-order chi connectivity index (χ0) is 2.00. The first-order chi connectivity index (χ1) is 1.00. The predicted molar refractivity (Wildman–Crippen MR) is 13.2 cm³/mol. The molecule has 0 spiro atoms. The van der Waals surface area contributed by atoms with Gasteiger partial charge in [-0.25, -0.2) is 0 Å². The van der Waals surface area contributed by atoms with E-state index < -0.39 is 0 Å². The van der Waals surface area contributed by atoms with Crippen LogP contribution in [0.1, 0.15) is 0 Å². The smallest absolute Gasteiger partial charge is 0.545 e. The van der Waals surface area contributed by atoms with Crippen molar-refractivity contribution in [1.29, 1.82) is 0 Å². The zero-order valence-corrected chi connectivity index (χ0v) is 6.11. The molecule has 0 N–H and O–H groups in total. The average molecular weight is 83.2 g/mol. The Morgan fingerprint density at radius 1 is 1.25 bits per heavy atom. The maximum atomic E-state index is 7.75. The van der Waals surface area contributed by atoms with E-state index in [0.717, 1.165) is 0 Å². The van der Waals surface area contributed by atoms with E-state index in [2.05, 4.69) is 6.79 Å². The van der Waals surface area contributed by atoms with Gasteiger partial charge in [-0.2, -0.15) is 0 Å². The van der Waals surface area contributed by atoms with Gasteiger partial charge < -0.3 is 12.2 Å². The Balaban J connectivity index is -0.00000000500. The van der Waals surface area contributed by atoms with E-state index in [1.807, 2.05) is 0 Å². The molecule has 0 saturated heterocycles. The fourth-order valence-corrected chi connectivity index (χ4v) is 0. The molecular weight excluding hydrogens is 79.1 g/mol. The molecular formula is C2H4KO-.